The number of benzene rings is 2. The molecule has 33 heavy (non-hydrogen) atoms. The Kier molecular flexibility index (Phi) is 6.19. The van der Waals surface area contributed by atoms with Gasteiger partial charge in [0.1, 0.15) is 0 Å². The Hall–Kier alpha value is -2.73. The molecule has 2 saturated heterocycles. The lowest BCUT2D eigenvalue weighted by Crippen LogP contribution is -2.51. The topological polar surface area (TPSA) is 62.8 Å². The van der Waals surface area contributed by atoms with Crippen molar-refractivity contribution in [1.82, 2.24) is 10.6 Å². The fraction of sp³-hybridized carbons (Fsp3) is 0.519. The van der Waals surface area contributed by atoms with Gasteiger partial charge in [-0.05, 0) is 80.8 Å². The average molecular weight is 450 g/mol. The van der Waals surface area contributed by atoms with E-state index in [-0.39, 0.29) is 11.9 Å². The molecule has 3 fully saturated rings. The van der Waals surface area contributed by atoms with Crippen molar-refractivity contribution in [2.75, 3.05) is 31.7 Å². The highest BCUT2D eigenvalue weighted by atomic mass is 16.5. The minimum atomic E-state index is -0.151. The number of carbonyl (C=O) groups is 1. The Labute approximate surface area is 196 Å². The number of anilines is 1. The third kappa shape index (κ3) is 4.96. The molecule has 2 bridgehead atoms. The normalized spacial score (nSPS) is 22.7. The maximum Gasteiger partial charge on any atom is 0.252 e. The molecule has 6 heteroatoms. The van der Waals surface area contributed by atoms with Crippen LogP contribution in [0.1, 0.15) is 60.1 Å². The highest BCUT2D eigenvalue weighted by Crippen LogP contribution is 2.34. The van der Waals surface area contributed by atoms with Crippen LogP contribution in [0, 0.1) is 12.8 Å². The highest BCUT2D eigenvalue weighted by Gasteiger charge is 2.32. The first-order chi connectivity index (χ1) is 16.0. The first-order valence-corrected chi connectivity index (χ1v) is 12.2. The van der Waals surface area contributed by atoms with Gasteiger partial charge in [0.2, 0.25) is 0 Å². The molecule has 0 unspecified atom stereocenters. The number of rotatable bonds is 8. The summed E-state index contributed by atoms with van der Waals surface area (Å²) < 4.78 is 11.5. The van der Waals surface area contributed by atoms with Gasteiger partial charge in [0.15, 0.2) is 11.5 Å². The van der Waals surface area contributed by atoms with Crippen molar-refractivity contribution in [1.29, 1.82) is 0 Å². The lowest BCUT2D eigenvalue weighted by atomic mass is 10.0. The third-order valence-electron chi connectivity index (χ3n) is 7.25. The van der Waals surface area contributed by atoms with E-state index >= 15 is 0 Å². The lowest BCUT2D eigenvalue weighted by molar-refractivity contribution is 0.0939. The van der Waals surface area contributed by atoms with E-state index in [0.29, 0.717) is 23.8 Å². The number of methoxy groups -OCH3 is 1. The van der Waals surface area contributed by atoms with Gasteiger partial charge >= 0.3 is 0 Å². The summed E-state index contributed by atoms with van der Waals surface area (Å²) >= 11 is 0. The Balaban J connectivity index is 1.27. The van der Waals surface area contributed by atoms with Crippen molar-refractivity contribution < 1.29 is 14.3 Å². The molecule has 1 amide bonds. The summed E-state index contributed by atoms with van der Waals surface area (Å²) in [7, 11) is 1.66. The summed E-state index contributed by atoms with van der Waals surface area (Å²) in [5.74, 6) is 2.11. The number of nitrogens with zero attached hydrogens (tertiary/aromatic N) is 1. The van der Waals surface area contributed by atoms with Crippen LogP contribution in [0.3, 0.4) is 0 Å². The van der Waals surface area contributed by atoms with E-state index in [0.717, 1.165) is 47.8 Å². The second-order valence-electron chi connectivity index (χ2n) is 9.90. The molecule has 2 aromatic carbocycles. The minimum absolute atomic E-state index is 0.0482. The number of amides is 1. The van der Waals surface area contributed by atoms with Gasteiger partial charge < -0.3 is 25.0 Å². The first kappa shape index (κ1) is 22.1. The van der Waals surface area contributed by atoms with Crippen molar-refractivity contribution in [3.05, 3.63) is 53.1 Å². The Morgan fingerprint density at radius 3 is 2.55 bits per heavy atom. The Morgan fingerprint density at radius 1 is 1.09 bits per heavy atom. The predicted octanol–water partition coefficient (Wildman–Crippen LogP) is 4.22. The van der Waals surface area contributed by atoms with Crippen LogP contribution in [0.5, 0.6) is 11.5 Å². The van der Waals surface area contributed by atoms with Gasteiger partial charge in [-0.3, -0.25) is 4.79 Å². The summed E-state index contributed by atoms with van der Waals surface area (Å²) in [4.78, 5) is 15.7. The van der Waals surface area contributed by atoms with E-state index in [1.54, 1.807) is 7.11 Å². The SMILES string of the molecule is COc1cc([C@@H](C)NC(=O)c2cc(N3C[C@H]4CC[C@@H](C3)N4)ccc2C)ccc1OCC1CC1. The second kappa shape index (κ2) is 9.26. The molecule has 3 aliphatic rings. The molecule has 2 aromatic rings. The number of piperazine rings is 1. The summed E-state index contributed by atoms with van der Waals surface area (Å²) in [5.41, 5.74) is 3.85. The summed E-state index contributed by atoms with van der Waals surface area (Å²) in [5, 5.41) is 6.85. The number of hydrogen-bond donors (Lipinski definition) is 2. The smallest absolute Gasteiger partial charge is 0.252 e. The van der Waals surface area contributed by atoms with Crippen molar-refractivity contribution in [3.63, 3.8) is 0 Å². The van der Waals surface area contributed by atoms with Crippen molar-refractivity contribution in [2.45, 2.75) is 57.7 Å². The molecule has 0 spiro atoms. The van der Waals surface area contributed by atoms with Crippen LogP contribution >= 0.6 is 0 Å². The van der Waals surface area contributed by atoms with Crippen molar-refractivity contribution in [2.24, 2.45) is 5.92 Å². The van der Waals surface area contributed by atoms with E-state index in [9.17, 15) is 4.79 Å². The van der Waals surface area contributed by atoms with E-state index < -0.39 is 0 Å². The van der Waals surface area contributed by atoms with Crippen LogP contribution in [0.15, 0.2) is 36.4 Å². The van der Waals surface area contributed by atoms with Crippen molar-refractivity contribution in [3.8, 4) is 11.5 Å². The number of hydrogen-bond acceptors (Lipinski definition) is 5. The fourth-order valence-electron chi connectivity index (χ4n) is 4.98. The van der Waals surface area contributed by atoms with Crippen LogP contribution in [0.4, 0.5) is 5.69 Å². The fourth-order valence-corrected chi connectivity index (χ4v) is 4.98. The molecule has 0 aromatic heterocycles. The number of nitrogens with one attached hydrogen (secondary N) is 2. The molecule has 0 radical (unpaired) electrons. The maximum absolute atomic E-state index is 13.2. The van der Waals surface area contributed by atoms with Crippen LogP contribution in [0.2, 0.25) is 0 Å². The van der Waals surface area contributed by atoms with Gasteiger partial charge in [-0.1, -0.05) is 12.1 Å². The molecule has 2 heterocycles. The molecule has 2 aliphatic heterocycles. The predicted molar refractivity (Wildman–Crippen MR) is 130 cm³/mol. The summed E-state index contributed by atoms with van der Waals surface area (Å²) in [6.45, 7) is 6.76. The van der Waals surface area contributed by atoms with E-state index in [2.05, 4.69) is 33.7 Å². The van der Waals surface area contributed by atoms with E-state index in [4.69, 9.17) is 9.47 Å². The zero-order valence-electron chi connectivity index (χ0n) is 19.9. The molecular formula is C27H35N3O3. The van der Waals surface area contributed by atoms with Gasteiger partial charge in [0, 0.05) is 36.4 Å². The number of carbonyl (C=O) groups excluding carboxylic acids is 1. The zero-order chi connectivity index (χ0) is 22.9. The molecule has 6 nitrogen and oxygen atoms in total. The standard InChI is InChI=1S/C27H35N3O3/c1-17-4-10-23(30-14-21-8-9-22(15-30)29-21)13-24(17)27(31)28-18(2)20-7-11-25(26(12-20)32-3)33-16-19-5-6-19/h4,7,10-13,18-19,21-22,29H,5-6,8-9,14-16H2,1-3H3,(H,28,31)/t18-,21-,22+/m1/s1. The highest BCUT2D eigenvalue weighted by molar-refractivity contribution is 5.96. The molecular weight excluding hydrogens is 414 g/mol. The van der Waals surface area contributed by atoms with Gasteiger partial charge in [0.05, 0.1) is 19.8 Å². The maximum atomic E-state index is 13.2. The van der Waals surface area contributed by atoms with Crippen LogP contribution in [0.25, 0.3) is 0 Å². The van der Waals surface area contributed by atoms with Crippen LogP contribution < -0.4 is 25.0 Å². The van der Waals surface area contributed by atoms with Gasteiger partial charge in [-0.25, -0.2) is 0 Å². The van der Waals surface area contributed by atoms with Gasteiger partial charge in [-0.2, -0.15) is 0 Å². The van der Waals surface area contributed by atoms with E-state index in [1.807, 2.05) is 32.0 Å². The van der Waals surface area contributed by atoms with E-state index in [1.165, 1.54) is 25.7 Å². The quantitative estimate of drug-likeness (QED) is 0.632. The van der Waals surface area contributed by atoms with Crippen molar-refractivity contribution >= 4 is 11.6 Å². The largest absolute Gasteiger partial charge is 0.493 e. The van der Waals surface area contributed by atoms with Gasteiger partial charge in [-0.15, -0.1) is 0 Å². The molecule has 3 atom stereocenters. The molecule has 1 aliphatic carbocycles. The molecule has 1 saturated carbocycles. The summed E-state index contributed by atoms with van der Waals surface area (Å²) in [6, 6.07) is 13.2. The average Bonchev–Trinajstić information content (AvgIpc) is 3.60. The minimum Gasteiger partial charge on any atom is -0.493 e. The Bertz CT molecular complexity index is 1010. The lowest BCUT2D eigenvalue weighted by Gasteiger charge is -2.35. The monoisotopic (exact) mass is 449 g/mol. The second-order valence-corrected chi connectivity index (χ2v) is 9.90. The van der Waals surface area contributed by atoms with Gasteiger partial charge in [0.25, 0.3) is 5.91 Å². The number of fused-ring (bicyclic) bond motifs is 2. The van der Waals surface area contributed by atoms with Crippen LogP contribution in [-0.2, 0) is 0 Å². The number of aryl methyl sites for hydroxylation is 1. The Morgan fingerprint density at radius 2 is 1.85 bits per heavy atom. The molecule has 176 valence electrons. The molecule has 2 N–H and O–H groups in total. The molecule has 5 rings (SSSR count). The first-order valence-electron chi connectivity index (χ1n) is 12.2. The summed E-state index contributed by atoms with van der Waals surface area (Å²) in [6.07, 6.45) is 4.98. The third-order valence-corrected chi connectivity index (χ3v) is 7.25. The zero-order valence-corrected chi connectivity index (χ0v) is 19.9. The van der Waals surface area contributed by atoms with Crippen LogP contribution in [-0.4, -0.2) is 44.8 Å². The number of ether oxygens (including phenoxy) is 2.